The van der Waals surface area contributed by atoms with Crippen LogP contribution >= 0.6 is 27.5 Å². The smallest absolute Gasteiger partial charge is 0.295 e. The van der Waals surface area contributed by atoms with Gasteiger partial charge in [-0.05, 0) is 72.6 Å². The highest BCUT2D eigenvalue weighted by Crippen LogP contribution is 2.53. The number of carbonyl (C=O) groups is 1. The molecule has 1 aromatic heterocycles. The summed E-state index contributed by atoms with van der Waals surface area (Å²) in [7, 11) is 0. The lowest BCUT2D eigenvalue weighted by Crippen LogP contribution is -2.35. The van der Waals surface area contributed by atoms with Crippen LogP contribution in [0.2, 0.25) is 5.02 Å². The second-order valence-corrected chi connectivity index (χ2v) is 12.2. The molecular weight excluding hydrogens is 516 g/mol. The monoisotopic (exact) mass is 542 g/mol. The second kappa shape index (κ2) is 8.47. The fraction of sp³-hybridized carbons (Fsp3) is 0.423. The summed E-state index contributed by atoms with van der Waals surface area (Å²) in [4.78, 5) is 15.0. The Labute approximate surface area is 212 Å². The maximum atomic E-state index is 12.5. The van der Waals surface area contributed by atoms with Crippen molar-refractivity contribution in [3.05, 3.63) is 57.5 Å². The molecule has 2 aromatic carbocycles. The molecule has 2 atom stereocenters. The summed E-state index contributed by atoms with van der Waals surface area (Å²) in [5, 5.41) is 20.6. The third-order valence-electron chi connectivity index (χ3n) is 7.15. The van der Waals surface area contributed by atoms with Crippen LogP contribution in [0.4, 0.5) is 5.69 Å². The topological polar surface area (TPSA) is 70.2 Å². The van der Waals surface area contributed by atoms with Crippen LogP contribution in [0.1, 0.15) is 50.4 Å². The third kappa shape index (κ3) is 4.41. The fourth-order valence-electron chi connectivity index (χ4n) is 6.21. The van der Waals surface area contributed by atoms with Gasteiger partial charge in [-0.1, -0.05) is 48.3 Å². The summed E-state index contributed by atoms with van der Waals surface area (Å²) in [5.41, 5.74) is 2.16. The first-order valence-electron chi connectivity index (χ1n) is 11.5. The first-order chi connectivity index (χ1) is 16.0. The van der Waals surface area contributed by atoms with Crippen molar-refractivity contribution >= 4 is 50.0 Å². The number of rotatable bonds is 4. The number of halogens is 2. The van der Waals surface area contributed by atoms with Crippen LogP contribution in [0.5, 0.6) is 5.88 Å². The number of hydrogen-bond acceptors (Lipinski definition) is 4. The lowest BCUT2D eigenvalue weighted by atomic mass is 9.65. The lowest BCUT2D eigenvalue weighted by Gasteiger charge is -2.40. The fourth-order valence-corrected chi connectivity index (χ4v) is 6.69. The first-order valence-corrected chi connectivity index (χ1v) is 12.7. The number of carbonyl (C=O) groups excluding carboxylic acids is 1. The zero-order chi connectivity index (χ0) is 24.3. The minimum absolute atomic E-state index is 0.0200. The van der Waals surface area contributed by atoms with Crippen LogP contribution in [-0.4, -0.2) is 33.1 Å². The van der Waals surface area contributed by atoms with Crippen molar-refractivity contribution in [2.45, 2.75) is 52.7 Å². The van der Waals surface area contributed by atoms with Gasteiger partial charge in [0.05, 0.1) is 12.2 Å². The van der Waals surface area contributed by atoms with Gasteiger partial charge in [0.15, 0.2) is 5.69 Å². The number of benzene rings is 2. The van der Waals surface area contributed by atoms with Crippen molar-refractivity contribution < 1.29 is 9.90 Å². The Morgan fingerprint density at radius 2 is 1.91 bits per heavy atom. The number of aromatic nitrogens is 1. The normalized spacial score (nSPS) is 24.3. The highest BCUT2D eigenvalue weighted by molar-refractivity contribution is 9.10. The van der Waals surface area contributed by atoms with E-state index in [0.717, 1.165) is 28.3 Å². The molecular formula is C26H28BrClN4O2. The van der Waals surface area contributed by atoms with E-state index >= 15 is 0 Å². The number of azo groups is 1. The zero-order valence-corrected chi connectivity index (χ0v) is 21.9. The highest BCUT2D eigenvalue weighted by Gasteiger charge is 2.49. The van der Waals surface area contributed by atoms with E-state index in [1.165, 1.54) is 12.8 Å². The molecule has 8 heteroatoms. The molecule has 1 aliphatic carbocycles. The van der Waals surface area contributed by atoms with E-state index < -0.39 is 5.91 Å². The highest BCUT2D eigenvalue weighted by atomic mass is 79.9. The van der Waals surface area contributed by atoms with Crippen LogP contribution in [0.25, 0.3) is 10.9 Å². The number of fused-ring (bicyclic) bond motifs is 3. The number of nitrogens with zero attached hydrogens (tertiary/aromatic N) is 4. The molecule has 5 rings (SSSR count). The Morgan fingerprint density at radius 1 is 1.18 bits per heavy atom. The predicted molar refractivity (Wildman–Crippen MR) is 138 cm³/mol. The van der Waals surface area contributed by atoms with E-state index in [1.54, 1.807) is 24.3 Å². The van der Waals surface area contributed by atoms with Crippen molar-refractivity contribution in [2.75, 3.05) is 6.54 Å². The van der Waals surface area contributed by atoms with Crippen molar-refractivity contribution in [2.24, 2.45) is 21.1 Å². The molecule has 1 saturated heterocycles. The molecule has 3 aromatic rings. The molecule has 2 aliphatic rings. The molecule has 2 fully saturated rings. The zero-order valence-electron chi connectivity index (χ0n) is 19.6. The van der Waals surface area contributed by atoms with E-state index in [1.807, 2.05) is 22.8 Å². The van der Waals surface area contributed by atoms with Crippen molar-refractivity contribution in [3.63, 3.8) is 0 Å². The van der Waals surface area contributed by atoms with Gasteiger partial charge in [0.1, 0.15) is 0 Å². The second-order valence-electron chi connectivity index (χ2n) is 10.9. The molecule has 178 valence electrons. The SMILES string of the molecule is CC1(C)C[C@@H]2C[C@@](C)(CN2Cn2c(O)c(N=NC(=O)c3ccc(Cl)cc3)c3cc(Br)ccc32)C1. The minimum Gasteiger partial charge on any atom is -0.493 e. The molecule has 34 heavy (non-hydrogen) atoms. The number of hydrogen-bond donors (Lipinski definition) is 1. The van der Waals surface area contributed by atoms with E-state index in [0.29, 0.717) is 39.8 Å². The van der Waals surface area contributed by atoms with Gasteiger partial charge in [-0.2, -0.15) is 0 Å². The average Bonchev–Trinajstić information content (AvgIpc) is 3.15. The Hall–Kier alpha value is -2.22. The molecule has 0 radical (unpaired) electrons. The van der Waals surface area contributed by atoms with Crippen LogP contribution in [0.3, 0.4) is 0 Å². The summed E-state index contributed by atoms with van der Waals surface area (Å²) in [6.45, 7) is 8.67. The quantitative estimate of drug-likeness (QED) is 0.345. The molecule has 2 heterocycles. The Balaban J connectivity index is 1.49. The summed E-state index contributed by atoms with van der Waals surface area (Å²) in [5.74, 6) is -0.470. The Bertz CT molecular complexity index is 1300. The summed E-state index contributed by atoms with van der Waals surface area (Å²) in [6, 6.07) is 12.8. The van der Waals surface area contributed by atoms with Gasteiger partial charge in [-0.15, -0.1) is 10.2 Å². The molecule has 6 nitrogen and oxygen atoms in total. The number of amides is 1. The van der Waals surface area contributed by atoms with Crippen molar-refractivity contribution in [1.29, 1.82) is 0 Å². The van der Waals surface area contributed by atoms with E-state index in [-0.39, 0.29) is 5.88 Å². The van der Waals surface area contributed by atoms with Crippen LogP contribution in [-0.2, 0) is 6.67 Å². The Kier molecular flexibility index (Phi) is 5.86. The van der Waals surface area contributed by atoms with Gasteiger partial charge in [0, 0.05) is 33.0 Å². The molecule has 1 saturated carbocycles. The van der Waals surface area contributed by atoms with Gasteiger partial charge >= 0.3 is 0 Å². The maximum absolute atomic E-state index is 12.5. The third-order valence-corrected chi connectivity index (χ3v) is 7.90. The molecule has 0 unspecified atom stereocenters. The maximum Gasteiger partial charge on any atom is 0.295 e. The van der Waals surface area contributed by atoms with E-state index in [9.17, 15) is 9.90 Å². The average molecular weight is 544 g/mol. The summed E-state index contributed by atoms with van der Waals surface area (Å²) >= 11 is 9.43. The van der Waals surface area contributed by atoms with Gasteiger partial charge in [-0.3, -0.25) is 14.3 Å². The molecule has 1 N–H and O–H groups in total. The summed E-state index contributed by atoms with van der Waals surface area (Å²) in [6.07, 6.45) is 3.55. The molecule has 0 spiro atoms. The largest absolute Gasteiger partial charge is 0.493 e. The van der Waals surface area contributed by atoms with Crippen LogP contribution in [0.15, 0.2) is 57.2 Å². The predicted octanol–water partition coefficient (Wildman–Crippen LogP) is 7.55. The number of aromatic hydroxyl groups is 1. The Morgan fingerprint density at radius 3 is 2.65 bits per heavy atom. The van der Waals surface area contributed by atoms with Gasteiger partial charge in [0.25, 0.3) is 5.91 Å². The van der Waals surface area contributed by atoms with Crippen molar-refractivity contribution in [3.8, 4) is 5.88 Å². The molecule has 1 aliphatic heterocycles. The first kappa shape index (κ1) is 23.5. The molecule has 2 bridgehead atoms. The number of likely N-dealkylation sites (tertiary alicyclic amines) is 1. The van der Waals surface area contributed by atoms with Gasteiger partial charge in [0.2, 0.25) is 5.88 Å². The standard InChI is InChI=1S/C26H28BrClN4O2/c1-25(2)11-19-12-26(3,13-25)14-31(19)15-32-21-9-6-17(27)10-20(21)22(24(32)34)29-30-23(33)16-4-7-18(28)8-5-16/h4-10,19,34H,11-15H2,1-3H3/t19-,26-/m1/s1. The van der Waals surface area contributed by atoms with Crippen LogP contribution < -0.4 is 0 Å². The molecule has 1 amide bonds. The van der Waals surface area contributed by atoms with Crippen molar-refractivity contribution in [1.82, 2.24) is 9.47 Å². The lowest BCUT2D eigenvalue weighted by molar-refractivity contribution is 0.0995. The minimum atomic E-state index is -0.490. The van der Waals surface area contributed by atoms with Gasteiger partial charge in [-0.25, -0.2) is 0 Å². The van der Waals surface area contributed by atoms with Gasteiger partial charge < -0.3 is 5.11 Å². The van der Waals surface area contributed by atoms with Crippen LogP contribution in [0, 0.1) is 10.8 Å². The summed E-state index contributed by atoms with van der Waals surface area (Å²) < 4.78 is 2.75. The van der Waals surface area contributed by atoms with E-state index in [4.69, 9.17) is 11.6 Å². The van der Waals surface area contributed by atoms with E-state index in [2.05, 4.69) is 51.8 Å².